The molecule has 0 aliphatic rings. The molecule has 7 heteroatoms. The van der Waals surface area contributed by atoms with Crippen molar-refractivity contribution in [1.29, 1.82) is 0 Å². The van der Waals surface area contributed by atoms with Gasteiger partial charge in [0, 0.05) is 6.54 Å². The lowest BCUT2D eigenvalue weighted by Gasteiger charge is -2.10. The number of hydrogen-bond acceptors (Lipinski definition) is 3. The molecule has 0 saturated heterocycles. The Morgan fingerprint density at radius 1 is 1.12 bits per heavy atom. The summed E-state index contributed by atoms with van der Waals surface area (Å²) >= 11 is 5.99. The second kappa shape index (κ2) is 8.01. The van der Waals surface area contributed by atoms with Gasteiger partial charge >= 0.3 is 0 Å². The van der Waals surface area contributed by atoms with E-state index in [-0.39, 0.29) is 12.5 Å². The van der Waals surface area contributed by atoms with Crippen LogP contribution in [-0.4, -0.2) is 27.9 Å². The zero-order valence-electron chi connectivity index (χ0n) is 14.3. The molecule has 3 aromatic rings. The number of carbonyl (C=O) groups excluding carboxylic acids is 2. The van der Waals surface area contributed by atoms with E-state index < -0.39 is 5.91 Å². The minimum Gasteiger partial charge on any atom is -0.343 e. The lowest BCUT2D eigenvalue weighted by molar-refractivity contribution is -0.115. The fourth-order valence-electron chi connectivity index (χ4n) is 2.69. The molecule has 2 N–H and O–H groups in total. The van der Waals surface area contributed by atoms with E-state index in [0.717, 1.165) is 24.0 Å². The number of rotatable bonds is 6. The molecule has 0 unspecified atom stereocenters. The fraction of sp³-hybridized carbons (Fsp3) is 0.211. The van der Waals surface area contributed by atoms with E-state index in [2.05, 4.69) is 22.5 Å². The molecular weight excluding hydrogens is 352 g/mol. The van der Waals surface area contributed by atoms with Gasteiger partial charge in [0.2, 0.25) is 11.9 Å². The molecule has 0 saturated carbocycles. The SMILES string of the molecule is CCCn1c(NC(=O)CNC(=O)c2ccccc2Cl)nc2ccccc21. The van der Waals surface area contributed by atoms with Crippen molar-refractivity contribution in [3.63, 3.8) is 0 Å². The first-order valence-electron chi connectivity index (χ1n) is 8.38. The number of hydrogen-bond donors (Lipinski definition) is 2. The van der Waals surface area contributed by atoms with Crippen LogP contribution < -0.4 is 10.6 Å². The molecule has 0 fully saturated rings. The Labute approximate surface area is 156 Å². The molecule has 3 rings (SSSR count). The molecule has 0 atom stereocenters. The number of benzene rings is 2. The van der Waals surface area contributed by atoms with Gasteiger partial charge in [-0.2, -0.15) is 0 Å². The van der Waals surface area contributed by atoms with Crippen LogP contribution in [0.2, 0.25) is 5.02 Å². The summed E-state index contributed by atoms with van der Waals surface area (Å²) < 4.78 is 1.96. The number of para-hydroxylation sites is 2. The van der Waals surface area contributed by atoms with E-state index >= 15 is 0 Å². The average molecular weight is 371 g/mol. The third kappa shape index (κ3) is 3.86. The Morgan fingerprint density at radius 3 is 2.62 bits per heavy atom. The highest BCUT2D eigenvalue weighted by atomic mass is 35.5. The number of halogens is 1. The van der Waals surface area contributed by atoms with Crippen LogP contribution in [0.5, 0.6) is 0 Å². The highest BCUT2D eigenvalue weighted by Crippen LogP contribution is 2.20. The van der Waals surface area contributed by atoms with E-state index in [0.29, 0.717) is 16.5 Å². The van der Waals surface area contributed by atoms with Crippen molar-refractivity contribution < 1.29 is 9.59 Å². The highest BCUT2D eigenvalue weighted by molar-refractivity contribution is 6.33. The zero-order chi connectivity index (χ0) is 18.5. The standard InChI is InChI=1S/C19H19ClN4O2/c1-2-11-24-16-10-6-5-9-15(16)22-19(24)23-17(25)12-21-18(26)13-7-3-4-8-14(13)20/h3-10H,2,11-12H2,1H3,(H,21,26)(H,22,23,25). The van der Waals surface area contributed by atoms with Gasteiger partial charge in [-0.25, -0.2) is 4.98 Å². The number of aryl methyl sites for hydroxylation is 1. The Bertz CT molecular complexity index is 952. The maximum Gasteiger partial charge on any atom is 0.253 e. The van der Waals surface area contributed by atoms with Gasteiger partial charge in [0.1, 0.15) is 0 Å². The number of imidazole rings is 1. The van der Waals surface area contributed by atoms with E-state index in [9.17, 15) is 9.59 Å². The van der Waals surface area contributed by atoms with Crippen LogP contribution >= 0.6 is 11.6 Å². The molecule has 0 radical (unpaired) electrons. The Kier molecular flexibility index (Phi) is 5.53. The minimum absolute atomic E-state index is 0.167. The number of aromatic nitrogens is 2. The largest absolute Gasteiger partial charge is 0.343 e. The maximum absolute atomic E-state index is 12.3. The van der Waals surface area contributed by atoms with E-state index in [1.165, 1.54) is 0 Å². The molecule has 0 spiro atoms. The van der Waals surface area contributed by atoms with Gasteiger partial charge in [-0.15, -0.1) is 0 Å². The van der Waals surface area contributed by atoms with Crippen LogP contribution in [0.1, 0.15) is 23.7 Å². The van der Waals surface area contributed by atoms with Gasteiger partial charge < -0.3 is 9.88 Å². The number of carbonyl (C=O) groups is 2. The van der Waals surface area contributed by atoms with Crippen LogP contribution in [0, 0.1) is 0 Å². The van der Waals surface area contributed by atoms with Gasteiger partial charge in [0.05, 0.1) is 28.2 Å². The monoisotopic (exact) mass is 370 g/mol. The van der Waals surface area contributed by atoms with Crippen LogP contribution in [0.4, 0.5) is 5.95 Å². The summed E-state index contributed by atoms with van der Waals surface area (Å²) in [5.41, 5.74) is 2.11. The van der Waals surface area contributed by atoms with Crippen molar-refractivity contribution in [3.05, 3.63) is 59.1 Å². The molecule has 0 aliphatic heterocycles. The number of amides is 2. The lowest BCUT2D eigenvalue weighted by atomic mass is 10.2. The average Bonchev–Trinajstić information content (AvgIpc) is 2.98. The van der Waals surface area contributed by atoms with E-state index in [4.69, 9.17) is 11.6 Å². The number of nitrogens with one attached hydrogen (secondary N) is 2. The molecule has 134 valence electrons. The highest BCUT2D eigenvalue weighted by Gasteiger charge is 2.14. The number of nitrogens with zero attached hydrogens (tertiary/aromatic N) is 2. The van der Waals surface area contributed by atoms with Gasteiger partial charge in [-0.05, 0) is 30.7 Å². The topological polar surface area (TPSA) is 76.0 Å². The summed E-state index contributed by atoms with van der Waals surface area (Å²) in [6.07, 6.45) is 0.909. The molecule has 1 aromatic heterocycles. The van der Waals surface area contributed by atoms with Crippen molar-refractivity contribution in [2.45, 2.75) is 19.9 Å². The smallest absolute Gasteiger partial charge is 0.253 e. The molecule has 26 heavy (non-hydrogen) atoms. The van der Waals surface area contributed by atoms with E-state index in [1.807, 2.05) is 28.8 Å². The lowest BCUT2D eigenvalue weighted by Crippen LogP contribution is -2.33. The van der Waals surface area contributed by atoms with E-state index in [1.54, 1.807) is 24.3 Å². The summed E-state index contributed by atoms with van der Waals surface area (Å²) in [5, 5.41) is 5.69. The number of fused-ring (bicyclic) bond motifs is 1. The van der Waals surface area contributed by atoms with Crippen LogP contribution in [0.3, 0.4) is 0 Å². The van der Waals surface area contributed by atoms with Crippen molar-refractivity contribution in [3.8, 4) is 0 Å². The predicted octanol–water partition coefficient (Wildman–Crippen LogP) is 3.47. The summed E-state index contributed by atoms with van der Waals surface area (Å²) in [7, 11) is 0. The van der Waals surface area contributed by atoms with Crippen molar-refractivity contribution in [2.24, 2.45) is 0 Å². The molecule has 2 aromatic carbocycles. The normalized spacial score (nSPS) is 10.7. The zero-order valence-corrected chi connectivity index (χ0v) is 15.1. The first-order chi connectivity index (χ1) is 12.6. The summed E-state index contributed by atoms with van der Waals surface area (Å²) in [6.45, 7) is 2.63. The Hall–Kier alpha value is -2.86. The van der Waals surface area contributed by atoms with Crippen LogP contribution in [-0.2, 0) is 11.3 Å². The Balaban J connectivity index is 1.68. The van der Waals surface area contributed by atoms with Crippen molar-refractivity contribution >= 4 is 40.4 Å². The minimum atomic E-state index is -0.396. The molecule has 0 bridgehead atoms. The van der Waals surface area contributed by atoms with Gasteiger partial charge in [-0.3, -0.25) is 14.9 Å². The molecule has 1 heterocycles. The molecule has 6 nitrogen and oxygen atoms in total. The second-order valence-electron chi connectivity index (χ2n) is 5.79. The van der Waals surface area contributed by atoms with Gasteiger partial charge in [0.25, 0.3) is 5.91 Å². The predicted molar refractivity (Wildman–Crippen MR) is 102 cm³/mol. The maximum atomic E-state index is 12.3. The van der Waals surface area contributed by atoms with Crippen LogP contribution in [0.25, 0.3) is 11.0 Å². The van der Waals surface area contributed by atoms with Crippen molar-refractivity contribution in [2.75, 3.05) is 11.9 Å². The first kappa shape index (κ1) is 17.9. The molecular formula is C19H19ClN4O2. The first-order valence-corrected chi connectivity index (χ1v) is 8.75. The van der Waals surface area contributed by atoms with Gasteiger partial charge in [0.15, 0.2) is 0 Å². The summed E-state index contributed by atoms with van der Waals surface area (Å²) in [6, 6.07) is 14.4. The molecule has 2 amide bonds. The van der Waals surface area contributed by atoms with Crippen LogP contribution in [0.15, 0.2) is 48.5 Å². The quantitative estimate of drug-likeness (QED) is 0.697. The number of anilines is 1. The van der Waals surface area contributed by atoms with Gasteiger partial charge in [-0.1, -0.05) is 42.8 Å². The Morgan fingerprint density at radius 2 is 1.85 bits per heavy atom. The third-order valence-electron chi connectivity index (χ3n) is 3.88. The molecule has 0 aliphatic carbocycles. The second-order valence-corrected chi connectivity index (χ2v) is 6.19. The summed E-state index contributed by atoms with van der Waals surface area (Å²) in [5.74, 6) is -0.268. The fourth-order valence-corrected chi connectivity index (χ4v) is 2.91. The summed E-state index contributed by atoms with van der Waals surface area (Å²) in [4.78, 5) is 28.9. The van der Waals surface area contributed by atoms with Crippen molar-refractivity contribution in [1.82, 2.24) is 14.9 Å². The third-order valence-corrected chi connectivity index (χ3v) is 4.21.